The Kier molecular flexibility index (Phi) is 3.72. The molecule has 2 rings (SSSR count). The first-order valence-electron chi connectivity index (χ1n) is 5.73. The number of ether oxygens (including phenoxy) is 1. The molecule has 1 aliphatic heterocycles. The molecular formula is C13H16BrNO2. The second kappa shape index (κ2) is 5.08. The van der Waals surface area contributed by atoms with Gasteiger partial charge in [0.05, 0.1) is 7.11 Å². The number of rotatable bonds is 2. The van der Waals surface area contributed by atoms with Gasteiger partial charge in [-0.05, 0) is 19.1 Å². The molecule has 92 valence electrons. The number of hydrogen-bond acceptors (Lipinski definition) is 3. The zero-order chi connectivity index (χ0) is 12.4. The van der Waals surface area contributed by atoms with Crippen LogP contribution < -0.4 is 9.64 Å². The van der Waals surface area contributed by atoms with Gasteiger partial charge in [0.1, 0.15) is 11.5 Å². The molecule has 1 unspecified atom stereocenters. The molecule has 0 radical (unpaired) electrons. The van der Waals surface area contributed by atoms with Crippen molar-refractivity contribution in [1.82, 2.24) is 0 Å². The van der Waals surface area contributed by atoms with Gasteiger partial charge in [-0.25, -0.2) is 0 Å². The Balaban J connectivity index is 2.27. The zero-order valence-corrected chi connectivity index (χ0v) is 11.7. The lowest BCUT2D eigenvalue weighted by atomic mass is 10.0. The van der Waals surface area contributed by atoms with Crippen molar-refractivity contribution < 1.29 is 9.53 Å². The number of hydrogen-bond donors (Lipinski definition) is 0. The quantitative estimate of drug-likeness (QED) is 0.840. The lowest BCUT2D eigenvalue weighted by molar-refractivity contribution is -0.120. The molecule has 0 amide bonds. The second-order valence-corrected chi connectivity index (χ2v) is 5.30. The van der Waals surface area contributed by atoms with E-state index in [0.717, 1.165) is 22.5 Å². The van der Waals surface area contributed by atoms with Gasteiger partial charge >= 0.3 is 0 Å². The number of anilines is 1. The number of piperidine rings is 1. The number of halogens is 1. The fourth-order valence-electron chi connectivity index (χ4n) is 2.22. The highest BCUT2D eigenvalue weighted by Crippen LogP contribution is 2.30. The average Bonchev–Trinajstić information content (AvgIpc) is 2.28. The van der Waals surface area contributed by atoms with Crippen molar-refractivity contribution in [2.24, 2.45) is 0 Å². The van der Waals surface area contributed by atoms with Gasteiger partial charge in [0, 0.05) is 41.7 Å². The first-order chi connectivity index (χ1) is 8.10. The van der Waals surface area contributed by atoms with Crippen LogP contribution in [-0.4, -0.2) is 25.5 Å². The maximum atomic E-state index is 11.4. The van der Waals surface area contributed by atoms with Crippen LogP contribution in [0.4, 0.5) is 5.69 Å². The van der Waals surface area contributed by atoms with Crippen molar-refractivity contribution in [3.63, 3.8) is 0 Å². The first-order valence-corrected chi connectivity index (χ1v) is 6.52. The molecule has 0 N–H and O–H groups in total. The first kappa shape index (κ1) is 12.4. The number of carbonyl (C=O) groups excluding carboxylic acids is 1. The summed E-state index contributed by atoms with van der Waals surface area (Å²) in [6.45, 7) is 2.88. The smallest absolute Gasteiger partial charge is 0.136 e. The lowest BCUT2D eigenvalue weighted by Crippen LogP contribution is -2.41. The van der Waals surface area contributed by atoms with Crippen molar-refractivity contribution in [2.45, 2.75) is 25.8 Å². The third kappa shape index (κ3) is 2.80. The minimum atomic E-state index is 0.259. The third-order valence-electron chi connectivity index (χ3n) is 3.11. The number of ketones is 1. The molecule has 1 aliphatic rings. The van der Waals surface area contributed by atoms with Crippen LogP contribution >= 0.6 is 15.9 Å². The summed E-state index contributed by atoms with van der Waals surface area (Å²) in [7, 11) is 1.66. The number of Topliss-reactive ketones (excluding diaryl/α,β-unsaturated/α-hetero) is 1. The van der Waals surface area contributed by atoms with Gasteiger partial charge in [-0.1, -0.05) is 15.9 Å². The molecule has 1 aromatic rings. The van der Waals surface area contributed by atoms with Crippen LogP contribution in [0.5, 0.6) is 5.75 Å². The second-order valence-electron chi connectivity index (χ2n) is 4.38. The summed E-state index contributed by atoms with van der Waals surface area (Å²) in [6, 6.07) is 6.27. The molecule has 0 spiro atoms. The predicted molar refractivity (Wildman–Crippen MR) is 71.7 cm³/mol. The highest BCUT2D eigenvalue weighted by Gasteiger charge is 2.24. The maximum Gasteiger partial charge on any atom is 0.136 e. The van der Waals surface area contributed by atoms with Crippen LogP contribution in [0.25, 0.3) is 0 Å². The van der Waals surface area contributed by atoms with Crippen molar-refractivity contribution in [2.75, 3.05) is 18.6 Å². The molecule has 17 heavy (non-hydrogen) atoms. The Hall–Kier alpha value is -1.03. The summed E-state index contributed by atoms with van der Waals surface area (Å²) in [5.74, 6) is 1.19. The lowest BCUT2D eigenvalue weighted by Gasteiger charge is -2.35. The minimum absolute atomic E-state index is 0.259. The summed E-state index contributed by atoms with van der Waals surface area (Å²) >= 11 is 3.48. The summed E-state index contributed by atoms with van der Waals surface area (Å²) in [6.07, 6.45) is 1.27. The van der Waals surface area contributed by atoms with E-state index in [9.17, 15) is 4.79 Å². The van der Waals surface area contributed by atoms with Crippen LogP contribution in [0.15, 0.2) is 22.7 Å². The van der Waals surface area contributed by atoms with Gasteiger partial charge in [-0.3, -0.25) is 4.79 Å². The molecule has 1 atom stereocenters. The minimum Gasteiger partial charge on any atom is -0.497 e. The van der Waals surface area contributed by atoms with E-state index in [1.165, 1.54) is 0 Å². The Bertz CT molecular complexity index is 433. The fourth-order valence-corrected chi connectivity index (χ4v) is 2.68. The van der Waals surface area contributed by atoms with Gasteiger partial charge in [-0.2, -0.15) is 0 Å². The molecule has 1 saturated heterocycles. The van der Waals surface area contributed by atoms with Crippen LogP contribution in [0, 0.1) is 0 Å². The number of carbonyl (C=O) groups is 1. The zero-order valence-electron chi connectivity index (χ0n) is 10.1. The van der Waals surface area contributed by atoms with E-state index in [1.54, 1.807) is 7.11 Å². The van der Waals surface area contributed by atoms with Gasteiger partial charge < -0.3 is 9.64 Å². The summed E-state index contributed by atoms with van der Waals surface area (Å²) in [4.78, 5) is 13.6. The van der Waals surface area contributed by atoms with Gasteiger partial charge in [0.25, 0.3) is 0 Å². The third-order valence-corrected chi connectivity index (χ3v) is 3.57. The Morgan fingerprint density at radius 2 is 2.18 bits per heavy atom. The van der Waals surface area contributed by atoms with Gasteiger partial charge in [-0.15, -0.1) is 0 Å². The average molecular weight is 298 g/mol. The van der Waals surface area contributed by atoms with Crippen LogP contribution in [-0.2, 0) is 4.79 Å². The number of benzene rings is 1. The van der Waals surface area contributed by atoms with Gasteiger partial charge in [0.15, 0.2) is 0 Å². The van der Waals surface area contributed by atoms with Gasteiger partial charge in [0.2, 0.25) is 0 Å². The molecule has 1 fully saturated rings. The topological polar surface area (TPSA) is 29.5 Å². The van der Waals surface area contributed by atoms with E-state index in [1.807, 2.05) is 12.1 Å². The monoisotopic (exact) mass is 297 g/mol. The molecule has 3 nitrogen and oxygen atoms in total. The van der Waals surface area contributed by atoms with Crippen molar-refractivity contribution in [1.29, 1.82) is 0 Å². The number of nitrogens with zero attached hydrogens (tertiary/aromatic N) is 1. The number of methoxy groups -OCH3 is 1. The Morgan fingerprint density at radius 3 is 2.82 bits per heavy atom. The molecular weight excluding hydrogens is 282 g/mol. The Morgan fingerprint density at radius 1 is 1.41 bits per heavy atom. The van der Waals surface area contributed by atoms with E-state index in [2.05, 4.69) is 33.8 Å². The normalized spacial score (nSPS) is 20.5. The maximum absolute atomic E-state index is 11.4. The highest BCUT2D eigenvalue weighted by atomic mass is 79.9. The molecule has 0 saturated carbocycles. The largest absolute Gasteiger partial charge is 0.497 e. The van der Waals surface area contributed by atoms with Crippen LogP contribution in [0.3, 0.4) is 0 Å². The van der Waals surface area contributed by atoms with E-state index >= 15 is 0 Å². The molecule has 1 heterocycles. The summed E-state index contributed by atoms with van der Waals surface area (Å²) < 4.78 is 6.26. The van der Waals surface area contributed by atoms with Crippen LogP contribution in [0.1, 0.15) is 19.8 Å². The standard InChI is InChI=1S/C13H16BrNO2/c1-9-5-12(16)3-4-15(9)11-6-10(14)7-13(8-11)17-2/h6-9H,3-5H2,1-2H3. The van der Waals surface area contributed by atoms with E-state index in [-0.39, 0.29) is 6.04 Å². The summed E-state index contributed by atoms with van der Waals surface area (Å²) in [5, 5.41) is 0. The highest BCUT2D eigenvalue weighted by molar-refractivity contribution is 9.10. The molecule has 0 aromatic heterocycles. The van der Waals surface area contributed by atoms with E-state index < -0.39 is 0 Å². The predicted octanol–water partition coefficient (Wildman–Crippen LogP) is 3.02. The molecule has 1 aromatic carbocycles. The van der Waals surface area contributed by atoms with E-state index in [0.29, 0.717) is 18.6 Å². The molecule has 0 aliphatic carbocycles. The van der Waals surface area contributed by atoms with E-state index in [4.69, 9.17) is 4.74 Å². The summed E-state index contributed by atoms with van der Waals surface area (Å²) in [5.41, 5.74) is 1.11. The molecule has 4 heteroatoms. The fraction of sp³-hybridized carbons (Fsp3) is 0.462. The Labute approximate surface area is 110 Å². The molecule has 0 bridgehead atoms. The van der Waals surface area contributed by atoms with Crippen LogP contribution in [0.2, 0.25) is 0 Å². The van der Waals surface area contributed by atoms with Crippen molar-refractivity contribution in [3.05, 3.63) is 22.7 Å². The SMILES string of the molecule is COc1cc(Br)cc(N2CCC(=O)CC2C)c1. The van der Waals surface area contributed by atoms with Crippen molar-refractivity contribution >= 4 is 27.4 Å². The van der Waals surface area contributed by atoms with Crippen molar-refractivity contribution in [3.8, 4) is 5.75 Å².